The fourth-order valence-electron chi connectivity index (χ4n) is 9.10. The van der Waals surface area contributed by atoms with E-state index in [1.54, 1.807) is 0 Å². The monoisotopic (exact) mass is 712 g/mol. The van der Waals surface area contributed by atoms with Gasteiger partial charge in [0.15, 0.2) is 0 Å². The number of rotatable bonds is 7. The van der Waals surface area contributed by atoms with Gasteiger partial charge in [0.05, 0.1) is 5.41 Å². The molecular formula is C56H40. The predicted molar refractivity (Wildman–Crippen MR) is 236 cm³/mol. The Kier molecular flexibility index (Phi) is 8.38. The van der Waals surface area contributed by atoms with Gasteiger partial charge in [-0.25, -0.2) is 0 Å². The number of fused-ring (bicyclic) bond motifs is 3. The van der Waals surface area contributed by atoms with Crippen LogP contribution >= 0.6 is 0 Å². The van der Waals surface area contributed by atoms with E-state index < -0.39 is 5.41 Å². The van der Waals surface area contributed by atoms with Crippen molar-refractivity contribution in [3.8, 4) is 66.8 Å². The Morgan fingerprint density at radius 2 is 0.643 bits per heavy atom. The third-order valence-corrected chi connectivity index (χ3v) is 11.7. The van der Waals surface area contributed by atoms with Crippen LogP contribution in [0.2, 0.25) is 0 Å². The van der Waals surface area contributed by atoms with Gasteiger partial charge in [0.2, 0.25) is 0 Å². The van der Waals surface area contributed by atoms with Gasteiger partial charge in [-0.3, -0.25) is 0 Å². The average Bonchev–Trinajstić information content (AvgIpc) is 3.59. The first-order chi connectivity index (χ1) is 27.7. The van der Waals surface area contributed by atoms with Crippen LogP contribution in [-0.4, -0.2) is 0 Å². The van der Waals surface area contributed by atoms with Gasteiger partial charge in [-0.2, -0.15) is 0 Å². The summed E-state index contributed by atoms with van der Waals surface area (Å²) in [4.78, 5) is 0. The molecule has 0 spiro atoms. The molecule has 0 heteroatoms. The quantitative estimate of drug-likeness (QED) is 0.154. The van der Waals surface area contributed by atoms with Crippen LogP contribution < -0.4 is 0 Å². The number of hydrogen-bond acceptors (Lipinski definition) is 0. The maximum Gasteiger partial charge on any atom is 0.0714 e. The van der Waals surface area contributed by atoms with E-state index in [4.69, 9.17) is 0 Å². The first kappa shape index (κ1) is 33.5. The lowest BCUT2D eigenvalue weighted by molar-refractivity contribution is 0.769. The summed E-state index contributed by atoms with van der Waals surface area (Å²) in [5.74, 6) is 0. The van der Waals surface area contributed by atoms with Crippen LogP contribution in [0.3, 0.4) is 0 Å². The summed E-state index contributed by atoms with van der Waals surface area (Å²) in [5, 5.41) is 0. The van der Waals surface area contributed by atoms with Crippen molar-refractivity contribution in [3.63, 3.8) is 0 Å². The minimum atomic E-state index is -0.579. The van der Waals surface area contributed by atoms with Crippen molar-refractivity contribution in [2.75, 3.05) is 0 Å². The molecule has 0 N–H and O–H groups in total. The summed E-state index contributed by atoms with van der Waals surface area (Å²) in [6.07, 6.45) is 0. The molecule has 1 aliphatic rings. The largest absolute Gasteiger partial charge is 0.0714 e. The van der Waals surface area contributed by atoms with E-state index >= 15 is 0 Å². The molecule has 0 atom stereocenters. The first-order valence-electron chi connectivity index (χ1n) is 19.5. The molecule has 0 aromatic heterocycles. The van der Waals surface area contributed by atoms with E-state index in [9.17, 15) is 0 Å². The maximum absolute atomic E-state index is 2.44. The van der Waals surface area contributed by atoms with Crippen LogP contribution in [0.25, 0.3) is 66.8 Å². The fourth-order valence-corrected chi connectivity index (χ4v) is 9.10. The highest BCUT2D eigenvalue weighted by Crippen LogP contribution is 2.59. The van der Waals surface area contributed by atoms with Gasteiger partial charge >= 0.3 is 0 Å². The third-order valence-electron chi connectivity index (χ3n) is 11.7. The molecule has 0 nitrogen and oxygen atoms in total. The van der Waals surface area contributed by atoms with Crippen molar-refractivity contribution in [1.29, 1.82) is 0 Å². The SMILES string of the molecule is Cc1ccccc1-c1cccc2c1-c1ccccc1C2(c1cccc(-c2cccc(-c3ccccc3)c2)c1)c1cccc(-c2cccc(-c3ccccc3)c2)c1. The second kappa shape index (κ2) is 14.0. The lowest BCUT2D eigenvalue weighted by atomic mass is 9.67. The van der Waals surface area contributed by atoms with Crippen LogP contribution in [0.15, 0.2) is 224 Å². The molecule has 9 aromatic carbocycles. The lowest BCUT2D eigenvalue weighted by Crippen LogP contribution is -2.28. The second-order valence-corrected chi connectivity index (χ2v) is 14.9. The normalized spacial score (nSPS) is 12.5. The number of aryl methyl sites for hydroxylation is 1. The summed E-state index contributed by atoms with van der Waals surface area (Å²) < 4.78 is 0. The van der Waals surface area contributed by atoms with Crippen molar-refractivity contribution >= 4 is 0 Å². The van der Waals surface area contributed by atoms with Crippen LogP contribution in [0, 0.1) is 6.92 Å². The zero-order valence-corrected chi connectivity index (χ0v) is 31.4. The molecule has 0 heterocycles. The standard InChI is InChI=1S/C56H40/c1-39-17-8-9-30-50(39)51-32-16-34-54-55(51)52-31-10-11-33-53(52)56(54,48-28-14-26-46(37-48)44-24-12-22-42(35-44)40-18-4-2-5-19-40)49-29-15-27-47(38-49)45-25-13-23-43(36-45)41-20-6-3-7-21-41/h2-38H,1H3. The molecule has 264 valence electrons. The smallest absolute Gasteiger partial charge is 0.0622 e. The fraction of sp³-hybridized carbons (Fsp3) is 0.0357. The Labute approximate surface area is 330 Å². The molecule has 0 bridgehead atoms. The van der Waals surface area contributed by atoms with Crippen molar-refractivity contribution in [2.45, 2.75) is 12.3 Å². The van der Waals surface area contributed by atoms with Gasteiger partial charge in [0.1, 0.15) is 0 Å². The van der Waals surface area contributed by atoms with Gasteiger partial charge in [0.25, 0.3) is 0 Å². The van der Waals surface area contributed by atoms with E-state index in [1.807, 2.05) is 0 Å². The Morgan fingerprint density at radius 1 is 0.268 bits per heavy atom. The highest BCUT2D eigenvalue weighted by molar-refractivity contribution is 5.96. The van der Waals surface area contributed by atoms with E-state index in [0.29, 0.717) is 0 Å². The molecule has 0 radical (unpaired) electrons. The van der Waals surface area contributed by atoms with E-state index in [1.165, 1.54) is 94.6 Å². The van der Waals surface area contributed by atoms with E-state index in [-0.39, 0.29) is 0 Å². The van der Waals surface area contributed by atoms with E-state index in [0.717, 1.165) is 0 Å². The number of benzene rings is 9. The first-order valence-corrected chi connectivity index (χ1v) is 19.5. The van der Waals surface area contributed by atoms with E-state index in [2.05, 4.69) is 231 Å². The summed E-state index contributed by atoms with van der Waals surface area (Å²) >= 11 is 0. The lowest BCUT2D eigenvalue weighted by Gasteiger charge is -2.34. The minimum absolute atomic E-state index is 0.579. The zero-order chi connectivity index (χ0) is 37.5. The van der Waals surface area contributed by atoms with Gasteiger partial charge in [-0.1, -0.05) is 200 Å². The third kappa shape index (κ3) is 5.62. The van der Waals surface area contributed by atoms with Crippen LogP contribution in [0.4, 0.5) is 0 Å². The molecule has 1 aliphatic carbocycles. The molecule has 0 saturated carbocycles. The summed E-state index contributed by atoms with van der Waals surface area (Å²) in [6.45, 7) is 2.23. The molecule has 0 unspecified atom stereocenters. The Bertz CT molecular complexity index is 2730. The average molecular weight is 713 g/mol. The molecule has 0 aliphatic heterocycles. The molecule has 0 fully saturated rings. The maximum atomic E-state index is 2.44. The molecule has 0 saturated heterocycles. The topological polar surface area (TPSA) is 0 Å². The van der Waals surface area contributed by atoms with Crippen molar-refractivity contribution in [2.24, 2.45) is 0 Å². The summed E-state index contributed by atoms with van der Waals surface area (Å²) in [6, 6.07) is 82.7. The van der Waals surface area contributed by atoms with Gasteiger partial charge < -0.3 is 0 Å². The summed E-state index contributed by atoms with van der Waals surface area (Å²) in [7, 11) is 0. The van der Waals surface area contributed by atoms with Crippen molar-refractivity contribution in [1.82, 2.24) is 0 Å². The second-order valence-electron chi connectivity index (χ2n) is 14.9. The molecule has 9 aromatic rings. The van der Waals surface area contributed by atoms with Crippen LogP contribution in [-0.2, 0) is 5.41 Å². The Morgan fingerprint density at radius 3 is 1.20 bits per heavy atom. The van der Waals surface area contributed by atoms with Crippen molar-refractivity contribution < 1.29 is 0 Å². The van der Waals surface area contributed by atoms with Gasteiger partial charge in [-0.15, -0.1) is 0 Å². The van der Waals surface area contributed by atoms with Crippen LogP contribution in [0.5, 0.6) is 0 Å². The highest BCUT2D eigenvalue weighted by Gasteiger charge is 2.47. The van der Waals surface area contributed by atoms with Gasteiger partial charge in [0, 0.05) is 0 Å². The number of hydrogen-bond donors (Lipinski definition) is 0. The summed E-state index contributed by atoms with van der Waals surface area (Å²) in [5.41, 5.74) is 20.6. The molecule has 56 heavy (non-hydrogen) atoms. The minimum Gasteiger partial charge on any atom is -0.0622 e. The molecule has 0 amide bonds. The Balaban J connectivity index is 1.23. The van der Waals surface area contributed by atoms with Gasteiger partial charge in [-0.05, 0) is 126 Å². The molecule has 10 rings (SSSR count). The van der Waals surface area contributed by atoms with Crippen LogP contribution in [0.1, 0.15) is 27.8 Å². The molecular weight excluding hydrogens is 673 g/mol. The zero-order valence-electron chi connectivity index (χ0n) is 31.4. The van der Waals surface area contributed by atoms with Crippen molar-refractivity contribution in [3.05, 3.63) is 252 Å². The Hall–Kier alpha value is -7.02. The predicted octanol–water partition coefficient (Wildman–Crippen LogP) is 14.7. The highest BCUT2D eigenvalue weighted by atomic mass is 14.5.